The molecule has 0 spiro atoms. The first kappa shape index (κ1) is 1.54. The summed E-state index contributed by atoms with van der Waals surface area (Å²) in [6.07, 6.45) is -1.29. The molecule has 0 radical (unpaired) electrons. The van der Waals surface area contributed by atoms with Gasteiger partial charge in [0.05, 0.1) is 11.7 Å². The van der Waals surface area contributed by atoms with Crippen LogP contribution >= 0.6 is 0 Å². The Balaban J connectivity index is 3.46. The molecule has 0 aliphatic heterocycles. The highest BCUT2D eigenvalue weighted by Gasteiger charge is 1.78. The Morgan fingerprint density at radius 2 is 2.71 bits per heavy atom. The molecule has 1 rings (SSSR count). The molecule has 36 valence electrons. The summed E-state index contributed by atoms with van der Waals surface area (Å²) in [5.74, 6) is -1.15. The van der Waals surface area contributed by atoms with Gasteiger partial charge in [-0.05, 0) is 12.1 Å². The number of aromatic nitrogens is 1. The first-order valence-corrected chi connectivity index (χ1v) is 1.64. The standard InChI is InChI=1S/C5H4FN/c6-5-2-1-3-7-4-5/h1-4H/i1D,2D,3D,4D. The predicted molar refractivity (Wildman–Crippen MR) is 24.2 cm³/mol. The Morgan fingerprint density at radius 1 is 1.86 bits per heavy atom. The molecule has 2 heteroatoms. The minimum atomic E-state index is -1.15. The lowest BCUT2D eigenvalue weighted by atomic mass is 10.5. The van der Waals surface area contributed by atoms with Gasteiger partial charge in [-0.2, -0.15) is 0 Å². The maximum atomic E-state index is 12.5. The van der Waals surface area contributed by atoms with E-state index in [2.05, 4.69) is 4.98 Å². The molecule has 0 saturated carbocycles. The maximum Gasteiger partial charge on any atom is 0.141 e. The molecule has 0 saturated heterocycles. The zero-order chi connectivity index (χ0) is 8.59. The molecule has 0 aromatic carbocycles. The van der Waals surface area contributed by atoms with Crippen molar-refractivity contribution in [1.29, 1.82) is 0 Å². The molecule has 0 amide bonds. The molecule has 0 aliphatic rings. The molecule has 7 heavy (non-hydrogen) atoms. The van der Waals surface area contributed by atoms with Crippen molar-refractivity contribution in [3.63, 3.8) is 0 Å². The van der Waals surface area contributed by atoms with E-state index in [4.69, 9.17) is 5.48 Å². The Labute approximate surface area is 46.4 Å². The number of nitrogens with zero attached hydrogens (tertiary/aromatic N) is 1. The monoisotopic (exact) mass is 101 g/mol. The molecule has 0 unspecified atom stereocenters. The summed E-state index contributed by atoms with van der Waals surface area (Å²) < 4.78 is 40.0. The maximum absolute atomic E-state index is 12.5. The van der Waals surface area contributed by atoms with Crippen LogP contribution in [0.15, 0.2) is 24.4 Å². The van der Waals surface area contributed by atoms with Gasteiger partial charge >= 0.3 is 0 Å². The first-order valence-electron chi connectivity index (χ1n) is 3.64. The van der Waals surface area contributed by atoms with E-state index in [0.29, 0.717) is 0 Å². The van der Waals surface area contributed by atoms with Crippen LogP contribution in [-0.2, 0) is 0 Å². The fourth-order valence-corrected chi connectivity index (χ4v) is 0.216. The molecule has 1 aromatic rings. The van der Waals surface area contributed by atoms with Gasteiger partial charge in [-0.1, -0.05) is 0 Å². The zero-order valence-electron chi connectivity index (χ0n) is 7.33. The van der Waals surface area contributed by atoms with Crippen LogP contribution in [0.2, 0.25) is 0 Å². The van der Waals surface area contributed by atoms with Crippen LogP contribution in [0.4, 0.5) is 4.39 Å². The summed E-state index contributed by atoms with van der Waals surface area (Å²) in [4.78, 5) is 3.08. The molecular formula is C5H4FN. The van der Waals surface area contributed by atoms with Gasteiger partial charge in [-0.15, -0.1) is 0 Å². The van der Waals surface area contributed by atoms with E-state index in [1.165, 1.54) is 0 Å². The van der Waals surface area contributed by atoms with Gasteiger partial charge in [0.2, 0.25) is 0 Å². The fourth-order valence-electron chi connectivity index (χ4n) is 0.216. The molecular weight excluding hydrogens is 93.1 g/mol. The van der Waals surface area contributed by atoms with Gasteiger partial charge in [-0.25, -0.2) is 4.39 Å². The molecule has 1 aromatic heterocycles. The molecule has 0 aliphatic carbocycles. The van der Waals surface area contributed by atoms with Crippen LogP contribution in [-0.4, -0.2) is 4.98 Å². The van der Waals surface area contributed by atoms with E-state index in [0.717, 1.165) is 0 Å². The predicted octanol–water partition coefficient (Wildman–Crippen LogP) is 1.22. The average molecular weight is 101 g/mol. The highest BCUT2D eigenvalue weighted by molar-refractivity contribution is 4.92. The van der Waals surface area contributed by atoms with E-state index < -0.39 is 30.2 Å². The molecule has 0 N–H and O–H groups in total. The van der Waals surface area contributed by atoms with Crippen molar-refractivity contribution in [3.8, 4) is 0 Å². The SMILES string of the molecule is [2H]c1nc([2H])c(F)c([2H])c1[2H]. The van der Waals surface area contributed by atoms with Crippen molar-refractivity contribution in [1.82, 2.24) is 4.98 Å². The normalized spacial score (nSPS) is 16.7. The van der Waals surface area contributed by atoms with Crippen molar-refractivity contribution in [2.45, 2.75) is 0 Å². The van der Waals surface area contributed by atoms with Gasteiger partial charge in [-0.3, -0.25) is 4.98 Å². The van der Waals surface area contributed by atoms with Crippen LogP contribution in [0.5, 0.6) is 0 Å². The number of halogens is 1. The zero-order valence-corrected chi connectivity index (χ0v) is 3.33. The van der Waals surface area contributed by atoms with Crippen molar-refractivity contribution in [2.24, 2.45) is 0 Å². The fraction of sp³-hybridized carbons (Fsp3) is 0. The van der Waals surface area contributed by atoms with Gasteiger partial charge in [0.1, 0.15) is 5.82 Å². The second-order valence-electron chi connectivity index (χ2n) is 0.899. The topological polar surface area (TPSA) is 12.9 Å². The molecule has 0 fully saturated rings. The van der Waals surface area contributed by atoms with E-state index in [1.807, 2.05) is 0 Å². The molecule has 0 bridgehead atoms. The van der Waals surface area contributed by atoms with E-state index in [9.17, 15) is 4.39 Å². The highest BCUT2D eigenvalue weighted by Crippen LogP contribution is 1.87. The van der Waals surface area contributed by atoms with Crippen LogP contribution < -0.4 is 0 Å². The van der Waals surface area contributed by atoms with Crippen molar-refractivity contribution >= 4 is 0 Å². The molecule has 0 atom stereocenters. The Kier molecular flexibility index (Phi) is 0.372. The van der Waals surface area contributed by atoms with Crippen molar-refractivity contribution < 1.29 is 9.87 Å². The van der Waals surface area contributed by atoms with Crippen LogP contribution in [0, 0.1) is 5.82 Å². The second kappa shape index (κ2) is 1.69. The Morgan fingerprint density at radius 3 is 3.57 bits per heavy atom. The lowest BCUT2D eigenvalue weighted by molar-refractivity contribution is 0.621. The third-order valence-corrected chi connectivity index (χ3v) is 0.438. The highest BCUT2D eigenvalue weighted by atomic mass is 19.1. The van der Waals surface area contributed by atoms with Gasteiger partial charge in [0.15, 0.2) is 0 Å². The van der Waals surface area contributed by atoms with Crippen LogP contribution in [0.25, 0.3) is 0 Å². The van der Waals surface area contributed by atoms with Crippen LogP contribution in [0.3, 0.4) is 0 Å². The van der Waals surface area contributed by atoms with Gasteiger partial charge in [0.25, 0.3) is 0 Å². The number of hydrogen-bond acceptors (Lipinski definition) is 1. The Hall–Kier alpha value is -0.920. The van der Waals surface area contributed by atoms with E-state index in [-0.39, 0.29) is 0 Å². The van der Waals surface area contributed by atoms with Crippen molar-refractivity contribution in [2.75, 3.05) is 0 Å². The first-order chi connectivity index (χ1) is 5.04. The smallest absolute Gasteiger partial charge is 0.141 e. The summed E-state index contributed by atoms with van der Waals surface area (Å²) >= 11 is 0. The minimum absolute atomic E-state index is 0.540. The lowest BCUT2D eigenvalue weighted by Gasteiger charge is -1.78. The van der Waals surface area contributed by atoms with Crippen LogP contribution in [0.1, 0.15) is 5.48 Å². The quantitative estimate of drug-likeness (QED) is 0.478. The number of hydrogen-bond donors (Lipinski definition) is 0. The number of pyridine rings is 1. The summed E-state index contributed by atoms with van der Waals surface area (Å²) in [6.45, 7) is 0. The second-order valence-corrected chi connectivity index (χ2v) is 0.899. The third kappa shape index (κ3) is 0.961. The van der Waals surface area contributed by atoms with E-state index >= 15 is 0 Å². The van der Waals surface area contributed by atoms with E-state index in [1.54, 1.807) is 0 Å². The molecule has 1 heterocycles. The summed E-state index contributed by atoms with van der Waals surface area (Å²) in [5, 5.41) is 0. The van der Waals surface area contributed by atoms with Gasteiger partial charge < -0.3 is 0 Å². The summed E-state index contributed by atoms with van der Waals surface area (Å²) in [6, 6.07) is -1.33. The summed E-state index contributed by atoms with van der Waals surface area (Å²) in [7, 11) is 0. The Bertz CT molecular complexity index is 275. The lowest BCUT2D eigenvalue weighted by Crippen LogP contribution is -1.70. The minimum Gasteiger partial charge on any atom is -0.262 e. The average Bonchev–Trinajstić information content (AvgIpc) is 1.97. The molecule has 1 nitrogen and oxygen atoms in total. The largest absolute Gasteiger partial charge is 0.262 e. The van der Waals surface area contributed by atoms with Crippen molar-refractivity contribution in [3.05, 3.63) is 30.2 Å². The third-order valence-electron chi connectivity index (χ3n) is 0.438. The summed E-state index contributed by atoms with van der Waals surface area (Å²) in [5.41, 5.74) is 0. The number of rotatable bonds is 0. The van der Waals surface area contributed by atoms with Gasteiger partial charge in [0, 0.05) is 6.17 Å².